The number of nitrogens with zero attached hydrogens (tertiary/aromatic N) is 3. The second-order valence-corrected chi connectivity index (χ2v) is 15.6. The number of hydrogen-bond donors (Lipinski definition) is 0. The van der Waals surface area contributed by atoms with Crippen molar-refractivity contribution in [3.8, 4) is 62.2 Å². The van der Waals surface area contributed by atoms with Crippen LogP contribution in [0.2, 0.25) is 0 Å². The van der Waals surface area contributed by atoms with Crippen molar-refractivity contribution in [3.63, 3.8) is 0 Å². The largest absolute Gasteiger partial charge is 0.228 e. The molecule has 0 spiro atoms. The van der Waals surface area contributed by atoms with E-state index in [2.05, 4.69) is 158 Å². The first-order valence-corrected chi connectivity index (χ1v) is 20.3. The molecule has 0 saturated carbocycles. The molecule has 3 heteroatoms. The molecule has 60 heavy (non-hydrogen) atoms. The summed E-state index contributed by atoms with van der Waals surface area (Å²) in [6, 6.07) is 73.5. The Balaban J connectivity index is 1.09. The van der Waals surface area contributed by atoms with E-state index in [4.69, 9.17) is 9.97 Å². The summed E-state index contributed by atoms with van der Waals surface area (Å²) in [5, 5.41) is 24.7. The van der Waals surface area contributed by atoms with Gasteiger partial charge in [-0.15, -0.1) is 0 Å². The highest BCUT2D eigenvalue weighted by Gasteiger charge is 2.18. The Kier molecular flexibility index (Phi) is 7.60. The predicted octanol–water partition coefficient (Wildman–Crippen LogP) is 15.0. The van der Waals surface area contributed by atoms with Crippen molar-refractivity contribution in [1.29, 1.82) is 5.26 Å². The standard InChI is InChI=1S/C57H33N3/c58-34-35-22-24-36(25-23-35)45-17-4-5-18-46(45)52-33-51(59-57(60-52)40-10-2-1-3-11-40)42-16-6-15-41(30-42)44-31-43-29-28-39-13-8-20-48-47-19-7-12-37-26-27-38-14-9-21-49(55(38)53(37)47)50(32-44)56(43)54(39)48/h1-33H. The molecule has 0 saturated heterocycles. The third kappa shape index (κ3) is 5.36. The monoisotopic (exact) mass is 759 g/mol. The number of aromatic nitrogens is 2. The van der Waals surface area contributed by atoms with Gasteiger partial charge in [-0.3, -0.25) is 0 Å². The molecule has 3 nitrogen and oxygen atoms in total. The Morgan fingerprint density at radius 3 is 1.52 bits per heavy atom. The van der Waals surface area contributed by atoms with Gasteiger partial charge in [0.15, 0.2) is 5.82 Å². The summed E-state index contributed by atoms with van der Waals surface area (Å²) in [5.41, 5.74) is 9.59. The number of fused-ring (bicyclic) bond motifs is 2. The maximum absolute atomic E-state index is 9.46. The molecule has 0 amide bonds. The van der Waals surface area contributed by atoms with E-state index in [1.165, 1.54) is 64.6 Å². The Bertz CT molecular complexity index is 3700. The van der Waals surface area contributed by atoms with Crippen molar-refractivity contribution < 1.29 is 0 Å². The van der Waals surface area contributed by atoms with Crippen molar-refractivity contribution in [2.45, 2.75) is 0 Å². The van der Waals surface area contributed by atoms with Crippen LogP contribution in [0.3, 0.4) is 0 Å². The van der Waals surface area contributed by atoms with Crippen LogP contribution in [0, 0.1) is 11.3 Å². The molecule has 0 aliphatic heterocycles. The Morgan fingerprint density at radius 2 is 0.850 bits per heavy atom. The minimum absolute atomic E-state index is 0.631. The third-order valence-electron chi connectivity index (χ3n) is 12.2. The zero-order chi connectivity index (χ0) is 39.7. The zero-order valence-corrected chi connectivity index (χ0v) is 32.4. The van der Waals surface area contributed by atoms with Gasteiger partial charge in [0.05, 0.1) is 23.0 Å². The van der Waals surface area contributed by atoms with Crippen molar-refractivity contribution in [1.82, 2.24) is 9.97 Å². The van der Waals surface area contributed by atoms with Gasteiger partial charge in [0.2, 0.25) is 0 Å². The van der Waals surface area contributed by atoms with E-state index >= 15 is 0 Å². The summed E-state index contributed by atoms with van der Waals surface area (Å²) in [4.78, 5) is 10.4. The summed E-state index contributed by atoms with van der Waals surface area (Å²) in [6.45, 7) is 0. The van der Waals surface area contributed by atoms with E-state index in [1.807, 2.05) is 48.5 Å². The third-order valence-corrected chi connectivity index (χ3v) is 12.2. The molecule has 0 unspecified atom stereocenters. The van der Waals surface area contributed by atoms with E-state index < -0.39 is 0 Å². The molecular weight excluding hydrogens is 727 g/mol. The van der Waals surface area contributed by atoms with Gasteiger partial charge in [-0.05, 0) is 123 Å². The molecule has 0 bridgehead atoms. The zero-order valence-electron chi connectivity index (χ0n) is 32.4. The van der Waals surface area contributed by atoms with Crippen LogP contribution >= 0.6 is 0 Å². The number of hydrogen-bond acceptors (Lipinski definition) is 3. The fraction of sp³-hybridized carbons (Fsp3) is 0. The van der Waals surface area contributed by atoms with E-state index in [1.54, 1.807) is 0 Å². The molecule has 0 atom stereocenters. The van der Waals surface area contributed by atoms with E-state index in [9.17, 15) is 5.26 Å². The van der Waals surface area contributed by atoms with Crippen molar-refractivity contribution in [2.75, 3.05) is 0 Å². The Morgan fingerprint density at radius 1 is 0.317 bits per heavy atom. The molecule has 1 heterocycles. The Labute approximate surface area is 346 Å². The van der Waals surface area contributed by atoms with Crippen molar-refractivity contribution >= 4 is 64.6 Å². The predicted molar refractivity (Wildman–Crippen MR) is 250 cm³/mol. The molecule has 12 rings (SSSR count). The molecule has 12 aromatic rings. The van der Waals surface area contributed by atoms with Crippen LogP contribution in [-0.2, 0) is 0 Å². The lowest BCUT2D eigenvalue weighted by Gasteiger charge is -2.17. The van der Waals surface area contributed by atoms with Gasteiger partial charge in [-0.1, -0.05) is 164 Å². The van der Waals surface area contributed by atoms with Gasteiger partial charge in [-0.2, -0.15) is 5.26 Å². The second kappa shape index (κ2) is 13.5. The summed E-state index contributed by atoms with van der Waals surface area (Å²) in [7, 11) is 0. The lowest BCUT2D eigenvalue weighted by Crippen LogP contribution is -1.97. The Hall–Kier alpha value is -8.19. The highest BCUT2D eigenvalue weighted by Crippen LogP contribution is 2.45. The van der Waals surface area contributed by atoms with Gasteiger partial charge < -0.3 is 0 Å². The molecular formula is C57H33N3. The summed E-state index contributed by atoms with van der Waals surface area (Å²) in [5.74, 6) is 0.663. The van der Waals surface area contributed by atoms with Crippen LogP contribution in [0.25, 0.3) is 121 Å². The maximum atomic E-state index is 9.46. The molecule has 0 aliphatic carbocycles. The van der Waals surface area contributed by atoms with E-state index in [-0.39, 0.29) is 0 Å². The van der Waals surface area contributed by atoms with Crippen LogP contribution in [0.5, 0.6) is 0 Å². The number of rotatable bonds is 5. The topological polar surface area (TPSA) is 49.6 Å². The molecule has 276 valence electrons. The van der Waals surface area contributed by atoms with Gasteiger partial charge in [0.25, 0.3) is 0 Å². The van der Waals surface area contributed by atoms with Gasteiger partial charge >= 0.3 is 0 Å². The summed E-state index contributed by atoms with van der Waals surface area (Å²) < 4.78 is 0. The van der Waals surface area contributed by atoms with Crippen LogP contribution in [-0.4, -0.2) is 9.97 Å². The van der Waals surface area contributed by atoms with Gasteiger partial charge in [-0.25, -0.2) is 9.97 Å². The molecule has 0 aliphatic rings. The molecule has 0 radical (unpaired) electrons. The van der Waals surface area contributed by atoms with E-state index in [0.717, 1.165) is 50.3 Å². The smallest absolute Gasteiger partial charge is 0.160 e. The SMILES string of the molecule is N#Cc1ccc(-c2ccccc2-c2cc(-c3cccc(-c4cc5ccc6cccc7c8cccc9ccc%10cccc(c(c4)c5c67)c%10c98)c3)nc(-c3ccccc3)n2)cc1. The molecule has 0 fully saturated rings. The molecule has 1 aromatic heterocycles. The fourth-order valence-corrected chi connectivity index (χ4v) is 9.44. The molecule has 0 N–H and O–H groups in total. The fourth-order valence-electron chi connectivity index (χ4n) is 9.44. The van der Waals surface area contributed by atoms with Crippen LogP contribution < -0.4 is 0 Å². The highest BCUT2D eigenvalue weighted by molar-refractivity contribution is 6.37. The summed E-state index contributed by atoms with van der Waals surface area (Å²) in [6.07, 6.45) is 0. The average molecular weight is 760 g/mol. The first-order chi connectivity index (χ1) is 29.7. The average Bonchev–Trinajstić information content (AvgIpc) is 3.32. The van der Waals surface area contributed by atoms with Crippen LogP contribution in [0.15, 0.2) is 200 Å². The van der Waals surface area contributed by atoms with Gasteiger partial charge in [0.1, 0.15) is 0 Å². The lowest BCUT2D eigenvalue weighted by atomic mass is 9.86. The minimum atomic E-state index is 0.631. The van der Waals surface area contributed by atoms with Crippen molar-refractivity contribution in [2.24, 2.45) is 0 Å². The second-order valence-electron chi connectivity index (χ2n) is 15.6. The normalized spacial score (nSPS) is 11.7. The first kappa shape index (κ1) is 33.9. The van der Waals surface area contributed by atoms with Crippen LogP contribution in [0.1, 0.15) is 5.56 Å². The summed E-state index contributed by atoms with van der Waals surface area (Å²) >= 11 is 0. The van der Waals surface area contributed by atoms with E-state index in [0.29, 0.717) is 11.4 Å². The minimum Gasteiger partial charge on any atom is -0.228 e. The van der Waals surface area contributed by atoms with Crippen LogP contribution in [0.4, 0.5) is 0 Å². The quantitative estimate of drug-likeness (QED) is 0.164. The molecule has 11 aromatic carbocycles. The lowest BCUT2D eigenvalue weighted by molar-refractivity contribution is 1.18. The number of nitriles is 1. The van der Waals surface area contributed by atoms with Gasteiger partial charge in [0, 0.05) is 16.7 Å². The number of benzene rings is 10. The highest BCUT2D eigenvalue weighted by atomic mass is 14.9. The maximum Gasteiger partial charge on any atom is 0.160 e. The first-order valence-electron chi connectivity index (χ1n) is 20.3. The van der Waals surface area contributed by atoms with Crippen molar-refractivity contribution in [3.05, 3.63) is 206 Å².